The van der Waals surface area contributed by atoms with Crippen molar-refractivity contribution in [3.63, 3.8) is 0 Å². The van der Waals surface area contributed by atoms with Crippen LogP contribution in [0.15, 0.2) is 42.5 Å². The Morgan fingerprint density at radius 1 is 1.14 bits per heavy atom. The van der Waals surface area contributed by atoms with Crippen molar-refractivity contribution in [3.05, 3.63) is 64.4 Å². The first kappa shape index (κ1) is 26.9. The van der Waals surface area contributed by atoms with Crippen LogP contribution >= 0.6 is 11.6 Å². The van der Waals surface area contributed by atoms with Gasteiger partial charge in [0, 0.05) is 17.6 Å². The molecule has 2 aromatic rings. The molecule has 1 aliphatic rings. The summed E-state index contributed by atoms with van der Waals surface area (Å²) in [6.07, 6.45) is 4.88. The van der Waals surface area contributed by atoms with Crippen LogP contribution in [0.3, 0.4) is 0 Å². The van der Waals surface area contributed by atoms with Crippen molar-refractivity contribution in [2.45, 2.75) is 58.2 Å². The molecule has 1 saturated carbocycles. The van der Waals surface area contributed by atoms with E-state index in [4.69, 9.17) is 11.6 Å². The minimum Gasteiger partial charge on any atom is -0.352 e. The van der Waals surface area contributed by atoms with Crippen LogP contribution in [0.25, 0.3) is 0 Å². The third-order valence-corrected chi connectivity index (χ3v) is 7.86. The van der Waals surface area contributed by atoms with E-state index in [9.17, 15) is 22.4 Å². The molecule has 35 heavy (non-hydrogen) atoms. The lowest BCUT2D eigenvalue weighted by Gasteiger charge is -2.32. The van der Waals surface area contributed by atoms with E-state index in [2.05, 4.69) is 5.32 Å². The van der Waals surface area contributed by atoms with Crippen molar-refractivity contribution in [1.29, 1.82) is 0 Å². The summed E-state index contributed by atoms with van der Waals surface area (Å²) in [5.74, 6) is -1.29. The number of anilines is 1. The maximum Gasteiger partial charge on any atom is 0.244 e. The van der Waals surface area contributed by atoms with Gasteiger partial charge in [-0.05, 0) is 62.1 Å². The number of rotatable bonds is 9. The summed E-state index contributed by atoms with van der Waals surface area (Å²) in [4.78, 5) is 27.9. The van der Waals surface area contributed by atoms with Gasteiger partial charge < -0.3 is 10.2 Å². The second kappa shape index (κ2) is 11.4. The molecule has 10 heteroatoms. The molecule has 0 unspecified atom stereocenters. The monoisotopic (exact) mass is 523 g/mol. The minimum atomic E-state index is -3.85. The molecule has 0 radical (unpaired) electrons. The average molecular weight is 524 g/mol. The molecule has 7 nitrogen and oxygen atoms in total. The van der Waals surface area contributed by atoms with Gasteiger partial charge in [-0.25, -0.2) is 12.8 Å². The highest BCUT2D eigenvalue weighted by molar-refractivity contribution is 7.92. The zero-order valence-electron chi connectivity index (χ0n) is 20.1. The summed E-state index contributed by atoms with van der Waals surface area (Å²) in [6, 6.07) is 9.65. The van der Waals surface area contributed by atoms with Crippen LogP contribution in [0.4, 0.5) is 10.1 Å². The molecule has 0 spiro atoms. The number of hydrogen-bond donors (Lipinski definition) is 1. The SMILES string of the molecule is Cc1c(Cl)cccc1N(CC(=O)N(Cc1ccc(F)cc1)[C@@H](C)C(=O)NC1CCCC1)S(C)(=O)=O. The predicted octanol–water partition coefficient (Wildman–Crippen LogP) is 4.03. The summed E-state index contributed by atoms with van der Waals surface area (Å²) < 4.78 is 39.8. The van der Waals surface area contributed by atoms with E-state index in [1.54, 1.807) is 32.0 Å². The van der Waals surface area contributed by atoms with Gasteiger partial charge in [0.25, 0.3) is 0 Å². The Labute approximate surface area is 211 Å². The van der Waals surface area contributed by atoms with Crippen LogP contribution in [-0.4, -0.2) is 50.0 Å². The molecule has 1 aliphatic carbocycles. The fraction of sp³-hybridized carbons (Fsp3) is 0.440. The van der Waals surface area contributed by atoms with Gasteiger partial charge >= 0.3 is 0 Å². The third-order valence-electron chi connectivity index (χ3n) is 6.32. The van der Waals surface area contributed by atoms with E-state index in [1.165, 1.54) is 29.2 Å². The Morgan fingerprint density at radius 3 is 2.37 bits per heavy atom. The van der Waals surface area contributed by atoms with Gasteiger partial charge in [-0.15, -0.1) is 0 Å². The number of hydrogen-bond acceptors (Lipinski definition) is 4. The minimum absolute atomic E-state index is 0.0183. The molecule has 0 aromatic heterocycles. The van der Waals surface area contributed by atoms with E-state index in [0.29, 0.717) is 16.1 Å². The van der Waals surface area contributed by atoms with E-state index in [1.807, 2.05) is 0 Å². The summed E-state index contributed by atoms with van der Waals surface area (Å²) in [5, 5.41) is 3.37. The van der Waals surface area contributed by atoms with Gasteiger partial charge in [0.05, 0.1) is 11.9 Å². The number of carbonyl (C=O) groups excluding carboxylic acids is 2. The second-order valence-electron chi connectivity index (χ2n) is 8.97. The van der Waals surface area contributed by atoms with Crippen molar-refractivity contribution in [2.75, 3.05) is 17.1 Å². The van der Waals surface area contributed by atoms with Crippen LogP contribution < -0.4 is 9.62 Å². The highest BCUT2D eigenvalue weighted by Gasteiger charge is 2.32. The predicted molar refractivity (Wildman–Crippen MR) is 135 cm³/mol. The largest absolute Gasteiger partial charge is 0.352 e. The Morgan fingerprint density at radius 2 is 1.77 bits per heavy atom. The van der Waals surface area contributed by atoms with Crippen LogP contribution in [0.1, 0.15) is 43.7 Å². The zero-order chi connectivity index (χ0) is 25.8. The molecule has 1 atom stereocenters. The molecule has 1 fully saturated rings. The average Bonchev–Trinajstić information content (AvgIpc) is 3.31. The number of halogens is 2. The number of benzene rings is 2. The number of sulfonamides is 1. The van der Waals surface area contributed by atoms with E-state index >= 15 is 0 Å². The first-order chi connectivity index (χ1) is 16.5. The summed E-state index contributed by atoms with van der Waals surface area (Å²) in [6.45, 7) is 2.79. The molecule has 0 heterocycles. The molecular weight excluding hydrogens is 493 g/mol. The normalized spacial score (nSPS) is 15.0. The maximum absolute atomic E-state index is 13.6. The van der Waals surface area contributed by atoms with Crippen LogP contribution in [0.5, 0.6) is 0 Å². The van der Waals surface area contributed by atoms with Crippen molar-refractivity contribution in [3.8, 4) is 0 Å². The smallest absolute Gasteiger partial charge is 0.244 e. The Kier molecular flexibility index (Phi) is 8.77. The van der Waals surface area contributed by atoms with Gasteiger partial charge in [0.15, 0.2) is 0 Å². The van der Waals surface area contributed by atoms with Gasteiger partial charge in [-0.1, -0.05) is 42.6 Å². The molecular formula is C25H31ClFN3O4S. The van der Waals surface area contributed by atoms with Gasteiger partial charge in [-0.2, -0.15) is 0 Å². The summed E-state index contributed by atoms with van der Waals surface area (Å²) >= 11 is 6.20. The van der Waals surface area contributed by atoms with Gasteiger partial charge in [0.2, 0.25) is 21.8 Å². The number of nitrogens with zero attached hydrogens (tertiary/aromatic N) is 2. The molecule has 190 valence electrons. The molecule has 3 rings (SSSR count). The fourth-order valence-electron chi connectivity index (χ4n) is 4.22. The Balaban J connectivity index is 1.90. The van der Waals surface area contributed by atoms with Crippen LogP contribution in [0.2, 0.25) is 5.02 Å². The van der Waals surface area contributed by atoms with Crippen molar-refractivity contribution in [2.24, 2.45) is 0 Å². The van der Waals surface area contributed by atoms with Crippen molar-refractivity contribution in [1.82, 2.24) is 10.2 Å². The van der Waals surface area contributed by atoms with Crippen molar-refractivity contribution < 1.29 is 22.4 Å². The number of carbonyl (C=O) groups is 2. The molecule has 0 aliphatic heterocycles. The highest BCUT2D eigenvalue weighted by Crippen LogP contribution is 2.28. The lowest BCUT2D eigenvalue weighted by Crippen LogP contribution is -2.52. The lowest BCUT2D eigenvalue weighted by atomic mass is 10.1. The first-order valence-electron chi connectivity index (χ1n) is 11.5. The first-order valence-corrected chi connectivity index (χ1v) is 13.8. The van der Waals surface area contributed by atoms with E-state index < -0.39 is 34.3 Å². The zero-order valence-corrected chi connectivity index (χ0v) is 21.7. The van der Waals surface area contributed by atoms with Crippen LogP contribution in [0, 0.1) is 12.7 Å². The molecule has 1 N–H and O–H groups in total. The molecule has 0 bridgehead atoms. The Bertz CT molecular complexity index is 1170. The van der Waals surface area contributed by atoms with E-state index in [-0.39, 0.29) is 24.2 Å². The highest BCUT2D eigenvalue weighted by atomic mass is 35.5. The fourth-order valence-corrected chi connectivity index (χ4v) is 5.29. The third kappa shape index (κ3) is 6.95. The van der Waals surface area contributed by atoms with Gasteiger partial charge in [-0.3, -0.25) is 13.9 Å². The number of nitrogens with one attached hydrogen (secondary N) is 1. The molecule has 2 aromatic carbocycles. The topological polar surface area (TPSA) is 86.8 Å². The summed E-state index contributed by atoms with van der Waals surface area (Å²) in [5.41, 5.74) is 1.42. The molecule has 0 saturated heterocycles. The number of amides is 2. The summed E-state index contributed by atoms with van der Waals surface area (Å²) in [7, 11) is -3.85. The second-order valence-corrected chi connectivity index (χ2v) is 11.3. The van der Waals surface area contributed by atoms with Gasteiger partial charge in [0.1, 0.15) is 18.4 Å². The van der Waals surface area contributed by atoms with Crippen LogP contribution in [-0.2, 0) is 26.2 Å². The maximum atomic E-state index is 13.6. The Hall–Kier alpha value is -2.65. The lowest BCUT2D eigenvalue weighted by molar-refractivity contribution is -0.139. The standard InChI is InChI=1S/C25H31ClFN3O4S/c1-17-22(26)9-6-10-23(17)30(35(3,33)34)16-24(31)29(15-19-11-13-20(27)14-12-19)18(2)25(32)28-21-7-4-5-8-21/h6,9-14,18,21H,4-5,7-8,15-16H2,1-3H3,(H,28,32)/t18-/m0/s1. The quantitative estimate of drug-likeness (QED) is 0.537. The van der Waals surface area contributed by atoms with E-state index in [0.717, 1.165) is 36.2 Å². The molecule has 2 amide bonds. The van der Waals surface area contributed by atoms with Crippen molar-refractivity contribution >= 4 is 39.1 Å².